The maximum atomic E-state index is 5.98. The van der Waals surface area contributed by atoms with Crippen LogP contribution in [0.1, 0.15) is 17.5 Å². The second-order valence-corrected chi connectivity index (χ2v) is 6.90. The fourth-order valence-corrected chi connectivity index (χ4v) is 3.45. The predicted octanol–water partition coefficient (Wildman–Crippen LogP) is 3.90. The second kappa shape index (κ2) is 8.95. The molecule has 4 nitrogen and oxygen atoms in total. The van der Waals surface area contributed by atoms with Crippen molar-refractivity contribution < 1.29 is 9.47 Å². The van der Waals surface area contributed by atoms with Crippen LogP contribution >= 0.6 is 0 Å². The van der Waals surface area contributed by atoms with Crippen LogP contribution in [0.3, 0.4) is 0 Å². The van der Waals surface area contributed by atoms with E-state index in [1.54, 1.807) is 7.11 Å². The van der Waals surface area contributed by atoms with Gasteiger partial charge in [0, 0.05) is 32.7 Å². The van der Waals surface area contributed by atoms with Gasteiger partial charge in [-0.25, -0.2) is 0 Å². The highest BCUT2D eigenvalue weighted by Crippen LogP contribution is 2.28. The molecule has 0 N–H and O–H groups in total. The highest BCUT2D eigenvalue weighted by atomic mass is 16.5. The van der Waals surface area contributed by atoms with E-state index in [1.807, 2.05) is 12.1 Å². The summed E-state index contributed by atoms with van der Waals surface area (Å²) in [5.74, 6) is 1.98. The number of aryl methyl sites for hydroxylation is 1. The first-order valence-corrected chi connectivity index (χ1v) is 9.48. The molecule has 1 saturated heterocycles. The highest BCUT2D eigenvalue weighted by Gasteiger charge is 2.19. The molecule has 0 amide bonds. The summed E-state index contributed by atoms with van der Waals surface area (Å²) in [6, 6.07) is 14.5. The van der Waals surface area contributed by atoms with Crippen LogP contribution in [-0.2, 0) is 0 Å². The largest absolute Gasteiger partial charge is 0.495 e. The van der Waals surface area contributed by atoms with E-state index in [1.165, 1.54) is 16.8 Å². The van der Waals surface area contributed by atoms with E-state index in [9.17, 15) is 0 Å². The Bertz CT molecular complexity index is 709. The Morgan fingerprint density at radius 3 is 2.38 bits per heavy atom. The number of hydrogen-bond donors (Lipinski definition) is 0. The van der Waals surface area contributed by atoms with Crippen molar-refractivity contribution in [1.29, 1.82) is 0 Å². The summed E-state index contributed by atoms with van der Waals surface area (Å²) in [5.41, 5.74) is 3.74. The summed E-state index contributed by atoms with van der Waals surface area (Å²) in [5, 5.41) is 0. The molecule has 26 heavy (non-hydrogen) atoms. The molecule has 4 heteroatoms. The number of hydrogen-bond acceptors (Lipinski definition) is 4. The SMILES string of the molecule is COc1ccccc1N1CCN(CCCOc2cccc(C)c2C)CC1. The zero-order chi connectivity index (χ0) is 18.4. The van der Waals surface area contributed by atoms with Crippen LogP contribution in [0.2, 0.25) is 0 Å². The lowest BCUT2D eigenvalue weighted by Crippen LogP contribution is -2.46. The van der Waals surface area contributed by atoms with Crippen LogP contribution in [0, 0.1) is 13.8 Å². The van der Waals surface area contributed by atoms with Crippen molar-refractivity contribution in [3.8, 4) is 11.5 Å². The highest BCUT2D eigenvalue weighted by molar-refractivity contribution is 5.58. The Labute approximate surface area is 157 Å². The molecular weight excluding hydrogens is 324 g/mol. The number of nitrogens with zero attached hydrogens (tertiary/aromatic N) is 2. The molecule has 3 rings (SSSR count). The number of anilines is 1. The van der Waals surface area contributed by atoms with Crippen molar-refractivity contribution in [2.75, 3.05) is 51.3 Å². The van der Waals surface area contributed by atoms with Crippen molar-refractivity contribution in [2.45, 2.75) is 20.3 Å². The number of rotatable bonds is 7. The first kappa shape index (κ1) is 18.6. The number of methoxy groups -OCH3 is 1. The predicted molar refractivity (Wildman–Crippen MR) is 108 cm³/mol. The molecule has 1 fully saturated rings. The molecule has 2 aromatic carbocycles. The third kappa shape index (κ3) is 4.50. The Balaban J connectivity index is 1.41. The van der Waals surface area contributed by atoms with E-state index in [2.05, 4.69) is 54.0 Å². The van der Waals surface area contributed by atoms with E-state index in [0.29, 0.717) is 0 Å². The zero-order valence-electron chi connectivity index (χ0n) is 16.2. The molecule has 140 valence electrons. The van der Waals surface area contributed by atoms with Gasteiger partial charge in [0.15, 0.2) is 0 Å². The Kier molecular flexibility index (Phi) is 6.40. The molecule has 0 aliphatic carbocycles. The van der Waals surface area contributed by atoms with Crippen LogP contribution in [0.25, 0.3) is 0 Å². The first-order valence-electron chi connectivity index (χ1n) is 9.48. The minimum absolute atomic E-state index is 0.775. The topological polar surface area (TPSA) is 24.9 Å². The minimum atomic E-state index is 0.775. The van der Waals surface area contributed by atoms with Crippen LogP contribution < -0.4 is 14.4 Å². The average Bonchev–Trinajstić information content (AvgIpc) is 2.69. The third-order valence-corrected chi connectivity index (χ3v) is 5.23. The van der Waals surface area contributed by atoms with E-state index >= 15 is 0 Å². The molecule has 1 aliphatic heterocycles. The van der Waals surface area contributed by atoms with Crippen molar-refractivity contribution >= 4 is 5.69 Å². The van der Waals surface area contributed by atoms with Gasteiger partial charge in [0.1, 0.15) is 11.5 Å². The van der Waals surface area contributed by atoms with Gasteiger partial charge in [-0.3, -0.25) is 4.90 Å². The van der Waals surface area contributed by atoms with Gasteiger partial charge in [0.25, 0.3) is 0 Å². The third-order valence-electron chi connectivity index (χ3n) is 5.23. The smallest absolute Gasteiger partial charge is 0.142 e. The number of ether oxygens (including phenoxy) is 2. The van der Waals surface area contributed by atoms with Crippen molar-refractivity contribution in [1.82, 2.24) is 4.90 Å². The van der Waals surface area contributed by atoms with Gasteiger partial charge in [-0.15, -0.1) is 0 Å². The van der Waals surface area contributed by atoms with E-state index in [4.69, 9.17) is 9.47 Å². The number of benzene rings is 2. The molecule has 0 unspecified atom stereocenters. The maximum absolute atomic E-state index is 5.98. The van der Waals surface area contributed by atoms with Gasteiger partial charge in [-0.1, -0.05) is 24.3 Å². The van der Waals surface area contributed by atoms with E-state index in [-0.39, 0.29) is 0 Å². The minimum Gasteiger partial charge on any atom is -0.495 e. The Morgan fingerprint density at radius 1 is 0.885 bits per heavy atom. The summed E-state index contributed by atoms with van der Waals surface area (Å²) < 4.78 is 11.5. The lowest BCUT2D eigenvalue weighted by atomic mass is 10.1. The number of piperazine rings is 1. The van der Waals surface area contributed by atoms with Gasteiger partial charge in [0.05, 0.1) is 19.4 Å². The molecule has 0 aromatic heterocycles. The summed E-state index contributed by atoms with van der Waals surface area (Å²) in [6.07, 6.45) is 1.06. The van der Waals surface area contributed by atoms with Gasteiger partial charge in [0.2, 0.25) is 0 Å². The quantitative estimate of drug-likeness (QED) is 0.704. The normalized spacial score (nSPS) is 15.1. The van der Waals surface area contributed by atoms with Gasteiger partial charge in [-0.2, -0.15) is 0 Å². The standard InChI is InChI=1S/C22H30N2O2/c1-18-8-6-11-21(19(18)2)26-17-7-12-23-13-15-24(16-14-23)20-9-4-5-10-22(20)25-3/h4-6,8-11H,7,12-17H2,1-3H3. The molecule has 0 bridgehead atoms. The fraction of sp³-hybridized carbons (Fsp3) is 0.455. The molecular formula is C22H30N2O2. The van der Waals surface area contributed by atoms with Gasteiger partial charge >= 0.3 is 0 Å². The monoisotopic (exact) mass is 354 g/mol. The second-order valence-electron chi connectivity index (χ2n) is 6.90. The van der Waals surface area contributed by atoms with E-state index in [0.717, 1.165) is 57.3 Å². The van der Waals surface area contributed by atoms with Crippen LogP contribution in [0.15, 0.2) is 42.5 Å². The molecule has 0 atom stereocenters. The van der Waals surface area contributed by atoms with E-state index < -0.39 is 0 Å². The lowest BCUT2D eigenvalue weighted by molar-refractivity contribution is 0.224. The maximum Gasteiger partial charge on any atom is 0.142 e. The summed E-state index contributed by atoms with van der Waals surface area (Å²) in [4.78, 5) is 4.94. The van der Waals surface area contributed by atoms with Gasteiger partial charge in [-0.05, 0) is 49.6 Å². The fourth-order valence-electron chi connectivity index (χ4n) is 3.45. The molecule has 0 saturated carbocycles. The molecule has 0 radical (unpaired) electrons. The van der Waals surface area contributed by atoms with Crippen molar-refractivity contribution in [3.63, 3.8) is 0 Å². The van der Waals surface area contributed by atoms with Crippen molar-refractivity contribution in [2.24, 2.45) is 0 Å². The zero-order valence-corrected chi connectivity index (χ0v) is 16.2. The summed E-state index contributed by atoms with van der Waals surface area (Å²) >= 11 is 0. The van der Waals surface area contributed by atoms with Crippen LogP contribution in [-0.4, -0.2) is 51.3 Å². The van der Waals surface area contributed by atoms with Crippen LogP contribution in [0.4, 0.5) is 5.69 Å². The van der Waals surface area contributed by atoms with Crippen molar-refractivity contribution in [3.05, 3.63) is 53.6 Å². The Morgan fingerprint density at radius 2 is 1.62 bits per heavy atom. The Hall–Kier alpha value is -2.20. The number of para-hydroxylation sites is 2. The summed E-state index contributed by atoms with van der Waals surface area (Å²) in [7, 11) is 1.74. The van der Waals surface area contributed by atoms with Gasteiger partial charge < -0.3 is 14.4 Å². The molecule has 1 aliphatic rings. The first-order chi connectivity index (χ1) is 12.7. The average molecular weight is 354 g/mol. The van der Waals surface area contributed by atoms with Crippen LogP contribution in [0.5, 0.6) is 11.5 Å². The molecule has 0 spiro atoms. The molecule has 2 aromatic rings. The molecule has 1 heterocycles. The lowest BCUT2D eigenvalue weighted by Gasteiger charge is -2.36. The summed E-state index contributed by atoms with van der Waals surface area (Å²) in [6.45, 7) is 10.4.